The monoisotopic (exact) mass is 344 g/mol. The van der Waals surface area contributed by atoms with Gasteiger partial charge in [0.1, 0.15) is 17.3 Å². The summed E-state index contributed by atoms with van der Waals surface area (Å²) in [6.07, 6.45) is 2.71. The maximum atomic E-state index is 12.8. The lowest BCUT2D eigenvalue weighted by Gasteiger charge is -2.08. The molecule has 0 aliphatic rings. The molecule has 0 unspecified atom stereocenters. The molecular weight excluding hydrogens is 327 g/mol. The number of methoxy groups -OCH3 is 1. The molecule has 0 radical (unpaired) electrons. The van der Waals surface area contributed by atoms with Crippen molar-refractivity contribution in [1.29, 1.82) is 0 Å². The molecule has 2 rings (SSSR count). The second kappa shape index (κ2) is 9.07. The zero-order chi connectivity index (χ0) is 18.1. The van der Waals surface area contributed by atoms with Crippen molar-refractivity contribution in [3.8, 4) is 11.5 Å². The first kappa shape index (κ1) is 18.0. The molecule has 2 aromatic carbocycles. The third-order valence-electron chi connectivity index (χ3n) is 3.05. The van der Waals surface area contributed by atoms with E-state index in [-0.39, 0.29) is 12.4 Å². The van der Waals surface area contributed by atoms with Crippen LogP contribution in [0.2, 0.25) is 0 Å². The number of hydrogen-bond donors (Lipinski definition) is 2. The van der Waals surface area contributed by atoms with Crippen LogP contribution >= 0.6 is 0 Å². The fourth-order valence-electron chi connectivity index (χ4n) is 1.78. The molecule has 0 fully saturated rings. The van der Waals surface area contributed by atoms with Gasteiger partial charge in [-0.3, -0.25) is 20.4 Å². The van der Waals surface area contributed by atoms with E-state index >= 15 is 0 Å². The third kappa shape index (κ3) is 6.34. The molecule has 0 atom stereocenters. The van der Waals surface area contributed by atoms with Gasteiger partial charge in [0.15, 0.2) is 6.61 Å². The smallest absolute Gasteiger partial charge is 0.276 e. The first-order chi connectivity index (χ1) is 12.1. The van der Waals surface area contributed by atoms with Gasteiger partial charge in [0.25, 0.3) is 11.8 Å². The van der Waals surface area contributed by atoms with Crippen molar-refractivity contribution in [3.63, 3.8) is 0 Å². The van der Waals surface area contributed by atoms with Crippen molar-refractivity contribution in [2.24, 2.45) is 0 Å². The van der Waals surface area contributed by atoms with Gasteiger partial charge >= 0.3 is 0 Å². The Kier molecular flexibility index (Phi) is 6.53. The van der Waals surface area contributed by atoms with Gasteiger partial charge < -0.3 is 9.47 Å². The zero-order valence-corrected chi connectivity index (χ0v) is 13.5. The normalized spacial score (nSPS) is 10.3. The van der Waals surface area contributed by atoms with Crippen LogP contribution in [-0.2, 0) is 9.59 Å². The van der Waals surface area contributed by atoms with Crippen molar-refractivity contribution < 1.29 is 23.5 Å². The minimum atomic E-state index is -0.526. The van der Waals surface area contributed by atoms with Crippen molar-refractivity contribution in [2.45, 2.75) is 0 Å². The number of nitrogens with one attached hydrogen (secondary N) is 2. The Morgan fingerprint density at radius 1 is 1.00 bits per heavy atom. The topological polar surface area (TPSA) is 76.7 Å². The lowest BCUT2D eigenvalue weighted by atomic mass is 10.2. The van der Waals surface area contributed by atoms with Crippen LogP contribution in [0, 0.1) is 5.82 Å². The molecule has 2 amide bonds. The predicted molar refractivity (Wildman–Crippen MR) is 90.2 cm³/mol. The maximum absolute atomic E-state index is 12.8. The summed E-state index contributed by atoms with van der Waals surface area (Å²) in [5, 5.41) is 0. The Morgan fingerprint density at radius 3 is 2.28 bits per heavy atom. The predicted octanol–water partition coefficient (Wildman–Crippen LogP) is 2.07. The highest BCUT2D eigenvalue weighted by atomic mass is 19.1. The molecule has 7 heteroatoms. The van der Waals surface area contributed by atoms with Gasteiger partial charge in [0.05, 0.1) is 7.11 Å². The minimum absolute atomic E-state index is 0.256. The first-order valence-electron chi connectivity index (χ1n) is 7.36. The van der Waals surface area contributed by atoms with Crippen LogP contribution < -0.4 is 20.3 Å². The average Bonchev–Trinajstić information content (AvgIpc) is 2.64. The fraction of sp³-hybridized carbons (Fsp3) is 0.111. The van der Waals surface area contributed by atoms with E-state index < -0.39 is 11.8 Å². The van der Waals surface area contributed by atoms with E-state index in [0.717, 1.165) is 0 Å². The molecule has 0 spiro atoms. The lowest BCUT2D eigenvalue weighted by Crippen LogP contribution is -2.43. The van der Waals surface area contributed by atoms with Crippen LogP contribution in [0.5, 0.6) is 11.5 Å². The molecule has 0 aliphatic heterocycles. The summed E-state index contributed by atoms with van der Waals surface area (Å²) in [6.45, 7) is -0.256. The van der Waals surface area contributed by atoms with E-state index in [2.05, 4.69) is 10.9 Å². The van der Waals surface area contributed by atoms with Gasteiger partial charge in [-0.15, -0.1) is 0 Å². The molecule has 130 valence electrons. The minimum Gasteiger partial charge on any atom is -0.497 e. The molecule has 25 heavy (non-hydrogen) atoms. The number of ether oxygens (including phenoxy) is 2. The molecule has 2 N–H and O–H groups in total. The van der Waals surface area contributed by atoms with Crippen molar-refractivity contribution in [2.75, 3.05) is 13.7 Å². The van der Waals surface area contributed by atoms with E-state index in [1.54, 1.807) is 31.4 Å². The molecule has 0 saturated carbocycles. The van der Waals surface area contributed by atoms with Crippen molar-refractivity contribution in [1.82, 2.24) is 10.9 Å². The van der Waals surface area contributed by atoms with Crippen LogP contribution in [-0.4, -0.2) is 25.5 Å². The summed E-state index contributed by atoms with van der Waals surface area (Å²) in [6, 6.07) is 12.4. The van der Waals surface area contributed by atoms with Gasteiger partial charge in [-0.1, -0.05) is 12.1 Å². The highest BCUT2D eigenvalue weighted by molar-refractivity contribution is 5.93. The Labute approximate surface area is 144 Å². The van der Waals surface area contributed by atoms with Gasteiger partial charge in [0.2, 0.25) is 0 Å². The average molecular weight is 344 g/mol. The highest BCUT2D eigenvalue weighted by Gasteiger charge is 2.04. The van der Waals surface area contributed by atoms with Crippen LogP contribution in [0.15, 0.2) is 54.6 Å². The number of carbonyl (C=O) groups excluding carboxylic acids is 2. The highest BCUT2D eigenvalue weighted by Crippen LogP contribution is 2.16. The molecule has 0 bridgehead atoms. The molecule has 6 nitrogen and oxygen atoms in total. The quantitative estimate of drug-likeness (QED) is 0.621. The summed E-state index contributed by atoms with van der Waals surface area (Å²) >= 11 is 0. The number of benzene rings is 2. The summed E-state index contributed by atoms with van der Waals surface area (Å²) in [4.78, 5) is 23.2. The van der Waals surface area contributed by atoms with E-state index in [4.69, 9.17) is 9.47 Å². The third-order valence-corrected chi connectivity index (χ3v) is 3.05. The Bertz CT molecular complexity index is 743. The van der Waals surface area contributed by atoms with E-state index in [1.165, 1.54) is 36.4 Å². The Morgan fingerprint density at radius 2 is 1.64 bits per heavy atom. The molecule has 0 saturated heterocycles. The summed E-state index contributed by atoms with van der Waals surface area (Å²) in [5.41, 5.74) is 5.10. The number of amides is 2. The molecule has 0 heterocycles. The molecule has 0 aromatic heterocycles. The summed E-state index contributed by atoms with van der Waals surface area (Å²) < 4.78 is 23.0. The summed E-state index contributed by atoms with van der Waals surface area (Å²) in [5.74, 6) is -0.220. The first-order valence-corrected chi connectivity index (χ1v) is 7.36. The SMILES string of the molecule is COc1ccc(OCC(=O)NNC(=O)/C=C/c2ccc(F)cc2)cc1. The number of halogens is 1. The van der Waals surface area contributed by atoms with Crippen LogP contribution in [0.1, 0.15) is 5.56 Å². The van der Waals surface area contributed by atoms with Gasteiger partial charge in [0, 0.05) is 6.08 Å². The molecule has 0 aliphatic carbocycles. The van der Waals surface area contributed by atoms with Crippen LogP contribution in [0.3, 0.4) is 0 Å². The standard InChI is InChI=1S/C18H17FN2O4/c1-24-15-7-9-16(10-8-15)25-12-18(23)21-20-17(22)11-4-13-2-5-14(19)6-3-13/h2-11H,12H2,1H3,(H,20,22)(H,21,23)/b11-4+. The zero-order valence-electron chi connectivity index (χ0n) is 13.5. The van der Waals surface area contributed by atoms with Gasteiger partial charge in [-0.05, 0) is 48.0 Å². The number of hydrogen-bond acceptors (Lipinski definition) is 4. The van der Waals surface area contributed by atoms with Crippen molar-refractivity contribution >= 4 is 17.9 Å². The van der Waals surface area contributed by atoms with Crippen LogP contribution in [0.25, 0.3) is 6.08 Å². The van der Waals surface area contributed by atoms with E-state index in [0.29, 0.717) is 17.1 Å². The van der Waals surface area contributed by atoms with E-state index in [1.807, 2.05) is 0 Å². The molecular formula is C18H17FN2O4. The lowest BCUT2D eigenvalue weighted by molar-refractivity contribution is -0.128. The summed E-state index contributed by atoms with van der Waals surface area (Å²) in [7, 11) is 1.55. The largest absolute Gasteiger partial charge is 0.497 e. The number of carbonyl (C=O) groups is 2. The molecule has 2 aromatic rings. The van der Waals surface area contributed by atoms with Crippen molar-refractivity contribution in [3.05, 3.63) is 66.0 Å². The second-order valence-corrected chi connectivity index (χ2v) is 4.89. The van der Waals surface area contributed by atoms with Gasteiger partial charge in [-0.25, -0.2) is 4.39 Å². The van der Waals surface area contributed by atoms with E-state index in [9.17, 15) is 14.0 Å². The number of rotatable bonds is 6. The maximum Gasteiger partial charge on any atom is 0.276 e. The Hall–Kier alpha value is -3.35. The second-order valence-electron chi connectivity index (χ2n) is 4.89. The fourth-order valence-corrected chi connectivity index (χ4v) is 1.78. The van der Waals surface area contributed by atoms with Crippen LogP contribution in [0.4, 0.5) is 4.39 Å². The number of hydrazine groups is 1. The van der Waals surface area contributed by atoms with Gasteiger partial charge in [-0.2, -0.15) is 0 Å². The Balaban J connectivity index is 1.71.